The molecule has 1 N–H and O–H groups in total. The van der Waals surface area contributed by atoms with E-state index in [1.165, 1.54) is 12.4 Å². The van der Waals surface area contributed by atoms with Crippen LogP contribution in [0.15, 0.2) is 23.4 Å². The van der Waals surface area contributed by atoms with Gasteiger partial charge in [-0.25, -0.2) is 31.7 Å². The molecule has 38 heavy (non-hydrogen) atoms. The van der Waals surface area contributed by atoms with Crippen molar-refractivity contribution in [3.05, 3.63) is 23.5 Å². The Morgan fingerprint density at radius 3 is 2.53 bits per heavy atom. The zero-order valence-corrected chi connectivity index (χ0v) is 22.6. The lowest BCUT2D eigenvalue weighted by Gasteiger charge is -2.38. The molecular weight excluding hydrogens is 538 g/mol. The third kappa shape index (κ3) is 4.71. The molecule has 3 aromatic rings. The number of rotatable bonds is 7. The number of amides is 2. The van der Waals surface area contributed by atoms with Crippen molar-refractivity contribution in [1.82, 2.24) is 34.1 Å². The lowest BCUT2D eigenvalue weighted by Crippen LogP contribution is -2.52. The summed E-state index contributed by atoms with van der Waals surface area (Å²) in [5.74, 6) is 0. The van der Waals surface area contributed by atoms with Gasteiger partial charge in [-0.3, -0.25) is 4.40 Å². The molecule has 2 aliphatic carbocycles. The van der Waals surface area contributed by atoms with Crippen LogP contribution in [0.2, 0.25) is 0 Å². The van der Waals surface area contributed by atoms with Gasteiger partial charge in [0.1, 0.15) is 10.6 Å². The van der Waals surface area contributed by atoms with E-state index in [1.54, 1.807) is 15.4 Å². The van der Waals surface area contributed by atoms with Gasteiger partial charge in [0.15, 0.2) is 15.7 Å². The number of hydrogen-bond donors (Lipinski definition) is 1. The van der Waals surface area contributed by atoms with Gasteiger partial charge >= 0.3 is 6.03 Å². The first-order chi connectivity index (χ1) is 18.0. The molecule has 0 aromatic carbocycles. The molecule has 3 aliphatic rings. The maximum atomic E-state index is 13.4. The molecule has 0 bridgehead atoms. The summed E-state index contributed by atoms with van der Waals surface area (Å²) in [6, 6.07) is 1.92. The molecule has 4 heterocycles. The van der Waals surface area contributed by atoms with Crippen molar-refractivity contribution in [3.63, 3.8) is 0 Å². The fraction of sp³-hybridized carbons (Fsp3) is 0.565. The Bertz CT molecular complexity index is 1490. The summed E-state index contributed by atoms with van der Waals surface area (Å²) in [5, 5.41) is 7.27. The quantitative estimate of drug-likeness (QED) is 0.468. The van der Waals surface area contributed by atoms with Crippen molar-refractivity contribution < 1.29 is 22.0 Å². The lowest BCUT2D eigenvalue weighted by atomic mass is 10.2. The van der Waals surface area contributed by atoms with Gasteiger partial charge in [-0.2, -0.15) is 0 Å². The molecule has 2 saturated carbocycles. The Balaban J connectivity index is 1.36. The SMILES string of the molecule is CN(C(=O)N1CCN(c2cc(S(=O)(=O)NC3(C)CC3)cn3c(-c4nnc(C(F)F)s4)cnc23)CC1)C1CC1. The molecule has 3 fully saturated rings. The van der Waals surface area contributed by atoms with E-state index >= 15 is 0 Å². The highest BCUT2D eigenvalue weighted by Crippen LogP contribution is 2.38. The molecule has 1 saturated heterocycles. The number of fused-ring (bicyclic) bond motifs is 1. The number of halogens is 2. The predicted octanol–water partition coefficient (Wildman–Crippen LogP) is 2.96. The van der Waals surface area contributed by atoms with E-state index in [0.717, 1.165) is 37.0 Å². The van der Waals surface area contributed by atoms with Crippen LogP contribution in [-0.2, 0) is 10.0 Å². The third-order valence-corrected chi connectivity index (χ3v) is 9.94. The molecule has 1 aliphatic heterocycles. The standard InChI is InChI=1S/C23H28F2N8O3S2/c1-23(5-6-23)29-38(35,36)15-11-16(31-7-9-32(10-8-31)22(34)30(2)14-3-4-14)19-26-12-17(33(19)13-15)20-27-28-21(37-20)18(24)25/h11-14,18,29H,3-10H2,1-2H3. The van der Waals surface area contributed by atoms with Crippen LogP contribution in [-0.4, -0.2) is 88.6 Å². The molecule has 0 radical (unpaired) electrons. The van der Waals surface area contributed by atoms with E-state index in [1.807, 2.05) is 23.8 Å². The van der Waals surface area contributed by atoms with Crippen molar-refractivity contribution in [1.29, 1.82) is 0 Å². The van der Waals surface area contributed by atoms with E-state index in [-0.39, 0.29) is 15.9 Å². The fourth-order valence-electron chi connectivity index (χ4n) is 4.66. The van der Waals surface area contributed by atoms with Crippen LogP contribution in [0.25, 0.3) is 16.3 Å². The van der Waals surface area contributed by atoms with Crippen LogP contribution in [0, 0.1) is 0 Å². The minimum Gasteiger partial charge on any atom is -0.365 e. The Morgan fingerprint density at radius 2 is 1.92 bits per heavy atom. The second-order valence-corrected chi connectivity index (χ2v) is 13.1. The number of urea groups is 1. The van der Waals surface area contributed by atoms with Gasteiger partial charge in [0, 0.05) is 51.0 Å². The summed E-state index contributed by atoms with van der Waals surface area (Å²) in [7, 11) is -2.05. The lowest BCUT2D eigenvalue weighted by molar-refractivity contribution is 0.150. The Kier molecular flexibility index (Phi) is 6.07. The number of carbonyl (C=O) groups excluding carboxylic acids is 1. The number of alkyl halides is 2. The second-order valence-electron chi connectivity index (χ2n) is 10.4. The van der Waals surface area contributed by atoms with Crippen molar-refractivity contribution >= 4 is 38.7 Å². The van der Waals surface area contributed by atoms with Crippen LogP contribution in [0.1, 0.15) is 44.0 Å². The van der Waals surface area contributed by atoms with E-state index < -0.39 is 27.0 Å². The number of hydrogen-bond acceptors (Lipinski definition) is 8. The highest BCUT2D eigenvalue weighted by Gasteiger charge is 2.42. The molecular formula is C23H28F2N8O3S2. The number of aromatic nitrogens is 4. The van der Waals surface area contributed by atoms with Gasteiger partial charge in [0.05, 0.1) is 11.9 Å². The van der Waals surface area contributed by atoms with Crippen molar-refractivity contribution in [3.8, 4) is 10.7 Å². The van der Waals surface area contributed by atoms with Crippen molar-refractivity contribution in [2.75, 3.05) is 38.1 Å². The van der Waals surface area contributed by atoms with Crippen LogP contribution in [0.4, 0.5) is 19.3 Å². The summed E-state index contributed by atoms with van der Waals surface area (Å²) in [6.07, 6.45) is 3.75. The average Bonchev–Trinajstić information content (AvgIpc) is 3.76. The number of anilines is 1. The Hall–Kier alpha value is -2.91. The second kappa shape index (κ2) is 9.09. The normalized spacial score (nSPS) is 19.4. The molecule has 2 amide bonds. The predicted molar refractivity (Wildman–Crippen MR) is 137 cm³/mol. The van der Waals surface area contributed by atoms with Gasteiger partial charge in [0.25, 0.3) is 6.43 Å². The zero-order valence-electron chi connectivity index (χ0n) is 21.0. The number of imidazole rings is 1. The van der Waals surface area contributed by atoms with Gasteiger partial charge in [-0.15, -0.1) is 10.2 Å². The first kappa shape index (κ1) is 25.4. The molecule has 204 valence electrons. The maximum absolute atomic E-state index is 13.4. The van der Waals surface area contributed by atoms with Gasteiger partial charge in [-0.05, 0) is 38.7 Å². The molecule has 0 atom stereocenters. The van der Waals surface area contributed by atoms with Gasteiger partial charge in [-0.1, -0.05) is 11.3 Å². The number of nitrogens with zero attached hydrogens (tertiary/aromatic N) is 7. The largest absolute Gasteiger partial charge is 0.365 e. The molecule has 6 rings (SSSR count). The van der Waals surface area contributed by atoms with E-state index in [2.05, 4.69) is 19.9 Å². The molecule has 3 aromatic heterocycles. The van der Waals surface area contributed by atoms with E-state index in [0.29, 0.717) is 49.2 Å². The summed E-state index contributed by atoms with van der Waals surface area (Å²) in [5.41, 5.74) is 0.957. The maximum Gasteiger partial charge on any atom is 0.320 e. The summed E-state index contributed by atoms with van der Waals surface area (Å²) >= 11 is 0.741. The highest BCUT2D eigenvalue weighted by atomic mass is 32.2. The van der Waals surface area contributed by atoms with Gasteiger partial charge < -0.3 is 14.7 Å². The molecule has 15 heteroatoms. The summed E-state index contributed by atoms with van der Waals surface area (Å²) < 4.78 is 57.4. The smallest absolute Gasteiger partial charge is 0.320 e. The van der Waals surface area contributed by atoms with Crippen LogP contribution in [0.3, 0.4) is 0 Å². The zero-order chi connectivity index (χ0) is 26.8. The summed E-state index contributed by atoms with van der Waals surface area (Å²) in [6.45, 7) is 3.80. The topological polar surface area (TPSA) is 116 Å². The Labute approximate surface area is 222 Å². The number of piperazine rings is 1. The van der Waals surface area contributed by atoms with Gasteiger partial charge in [0.2, 0.25) is 10.0 Å². The highest BCUT2D eigenvalue weighted by molar-refractivity contribution is 7.89. The summed E-state index contributed by atoms with van der Waals surface area (Å²) in [4.78, 5) is 23.0. The van der Waals surface area contributed by atoms with Crippen molar-refractivity contribution in [2.45, 2.75) is 55.5 Å². The minimum atomic E-state index is -3.88. The number of nitrogens with one attached hydrogen (secondary N) is 1. The monoisotopic (exact) mass is 566 g/mol. The number of sulfonamides is 1. The van der Waals surface area contributed by atoms with Crippen molar-refractivity contribution in [2.24, 2.45) is 0 Å². The fourth-order valence-corrected chi connectivity index (χ4v) is 6.85. The molecule has 11 nitrogen and oxygen atoms in total. The first-order valence-corrected chi connectivity index (χ1v) is 14.8. The Morgan fingerprint density at radius 1 is 1.21 bits per heavy atom. The molecule has 0 spiro atoms. The van der Waals surface area contributed by atoms with Crippen LogP contribution in [0.5, 0.6) is 0 Å². The van der Waals surface area contributed by atoms with Crippen LogP contribution >= 0.6 is 11.3 Å². The average molecular weight is 567 g/mol. The van der Waals surface area contributed by atoms with E-state index in [4.69, 9.17) is 0 Å². The molecule has 0 unspecified atom stereocenters. The van der Waals surface area contributed by atoms with Crippen LogP contribution < -0.4 is 9.62 Å². The number of carbonyl (C=O) groups is 1. The minimum absolute atomic E-state index is 0.00436. The third-order valence-electron chi connectivity index (χ3n) is 7.39. The first-order valence-electron chi connectivity index (χ1n) is 12.5. The van der Waals surface area contributed by atoms with E-state index in [9.17, 15) is 22.0 Å². The number of pyridine rings is 1.